The highest BCUT2D eigenvalue weighted by Gasteiger charge is 2.40. The zero-order chi connectivity index (χ0) is 22.7. The molecule has 4 rings (SSSR count). The quantitative estimate of drug-likeness (QED) is 0.515. The van der Waals surface area contributed by atoms with Crippen molar-refractivity contribution < 1.29 is 19.1 Å². The van der Waals surface area contributed by atoms with Gasteiger partial charge in [-0.15, -0.1) is 0 Å². The predicted molar refractivity (Wildman–Crippen MR) is 126 cm³/mol. The Morgan fingerprint density at radius 1 is 0.844 bits per heavy atom. The van der Waals surface area contributed by atoms with Crippen molar-refractivity contribution >= 4 is 35.0 Å². The molecule has 3 aromatic carbocycles. The number of thioether (sulfide) groups is 1. The summed E-state index contributed by atoms with van der Waals surface area (Å²) in [5.74, 6) is 0.312. The van der Waals surface area contributed by atoms with E-state index in [9.17, 15) is 9.59 Å². The summed E-state index contributed by atoms with van der Waals surface area (Å²) >= 11 is 1.25. The van der Waals surface area contributed by atoms with Gasteiger partial charge >= 0.3 is 0 Å². The van der Waals surface area contributed by atoms with Gasteiger partial charge in [-0.05, 0) is 43.3 Å². The van der Waals surface area contributed by atoms with E-state index in [0.717, 1.165) is 10.5 Å². The fraction of sp³-hybridized carbons (Fsp3) is 0.120. The van der Waals surface area contributed by atoms with E-state index in [1.54, 1.807) is 56.7 Å². The smallest absolute Gasteiger partial charge is 0.283 e. The lowest BCUT2D eigenvalue weighted by atomic mass is 10.2. The molecule has 7 heteroatoms. The normalized spacial score (nSPS) is 13.5. The van der Waals surface area contributed by atoms with Crippen LogP contribution < -0.4 is 19.7 Å². The van der Waals surface area contributed by atoms with Gasteiger partial charge in [0.2, 0.25) is 0 Å². The van der Waals surface area contributed by atoms with Gasteiger partial charge in [-0.1, -0.05) is 47.7 Å². The molecule has 1 heterocycles. The number of nitrogens with one attached hydrogen (secondary N) is 1. The molecule has 2 amide bonds. The molecule has 162 valence electrons. The fourth-order valence-corrected chi connectivity index (χ4v) is 4.22. The Kier molecular flexibility index (Phi) is 6.18. The number of hydrogen-bond acceptors (Lipinski definition) is 6. The molecule has 1 N–H and O–H groups in total. The van der Waals surface area contributed by atoms with Gasteiger partial charge in [-0.2, -0.15) is 0 Å². The molecular formula is C25H22N2O4S. The van der Waals surface area contributed by atoms with E-state index in [2.05, 4.69) is 5.32 Å². The largest absolute Gasteiger partial charge is 0.497 e. The third kappa shape index (κ3) is 4.20. The summed E-state index contributed by atoms with van der Waals surface area (Å²) < 4.78 is 10.7. The maximum absolute atomic E-state index is 13.4. The van der Waals surface area contributed by atoms with Crippen LogP contribution in [0.3, 0.4) is 0 Å². The Morgan fingerprint density at radius 2 is 1.56 bits per heavy atom. The number of benzene rings is 3. The number of para-hydroxylation sites is 1. The molecular weight excluding hydrogens is 424 g/mol. The highest BCUT2D eigenvalue weighted by Crippen LogP contribution is 2.39. The van der Waals surface area contributed by atoms with Gasteiger partial charge in [0.05, 0.1) is 25.6 Å². The molecule has 1 aliphatic heterocycles. The minimum Gasteiger partial charge on any atom is -0.497 e. The van der Waals surface area contributed by atoms with Crippen molar-refractivity contribution in [2.24, 2.45) is 0 Å². The molecule has 0 unspecified atom stereocenters. The molecule has 0 aromatic heterocycles. The number of aryl methyl sites for hydroxylation is 1. The third-order valence-corrected chi connectivity index (χ3v) is 6.05. The number of imide groups is 1. The Balaban J connectivity index is 1.78. The molecule has 0 bridgehead atoms. The van der Waals surface area contributed by atoms with Gasteiger partial charge in [0, 0.05) is 11.0 Å². The number of rotatable bonds is 7. The highest BCUT2D eigenvalue weighted by atomic mass is 32.2. The van der Waals surface area contributed by atoms with Crippen LogP contribution in [0.1, 0.15) is 5.56 Å². The van der Waals surface area contributed by atoms with E-state index in [4.69, 9.17) is 9.47 Å². The fourth-order valence-electron chi connectivity index (χ4n) is 3.30. The summed E-state index contributed by atoms with van der Waals surface area (Å²) in [6.07, 6.45) is 0. The number of nitrogens with zero attached hydrogens (tertiary/aromatic N) is 1. The minimum atomic E-state index is -0.430. The summed E-state index contributed by atoms with van der Waals surface area (Å²) in [7, 11) is 3.10. The lowest BCUT2D eigenvalue weighted by Gasteiger charge is -2.16. The van der Waals surface area contributed by atoms with Gasteiger partial charge in [0.25, 0.3) is 11.8 Å². The molecule has 0 spiro atoms. The predicted octanol–water partition coefficient (Wildman–Crippen LogP) is 5.00. The van der Waals surface area contributed by atoms with Crippen LogP contribution in [0.4, 0.5) is 11.4 Å². The van der Waals surface area contributed by atoms with Crippen LogP contribution in [-0.4, -0.2) is 26.0 Å². The van der Waals surface area contributed by atoms with Crippen molar-refractivity contribution in [3.8, 4) is 11.5 Å². The average molecular weight is 447 g/mol. The summed E-state index contributed by atoms with van der Waals surface area (Å²) in [6, 6.07) is 21.9. The van der Waals surface area contributed by atoms with Crippen molar-refractivity contribution in [2.45, 2.75) is 11.8 Å². The second-order valence-corrected chi connectivity index (χ2v) is 8.18. The van der Waals surface area contributed by atoms with Gasteiger partial charge < -0.3 is 14.8 Å². The molecule has 32 heavy (non-hydrogen) atoms. The third-order valence-electron chi connectivity index (χ3n) is 4.96. The zero-order valence-corrected chi connectivity index (χ0v) is 18.7. The topological polar surface area (TPSA) is 67.9 Å². The molecule has 6 nitrogen and oxygen atoms in total. The van der Waals surface area contributed by atoms with E-state index >= 15 is 0 Å². The number of methoxy groups -OCH3 is 2. The van der Waals surface area contributed by atoms with E-state index < -0.39 is 5.91 Å². The summed E-state index contributed by atoms with van der Waals surface area (Å²) in [6.45, 7) is 2.00. The Morgan fingerprint density at radius 3 is 2.22 bits per heavy atom. The Labute approximate surface area is 190 Å². The second-order valence-electron chi connectivity index (χ2n) is 7.09. The van der Waals surface area contributed by atoms with Gasteiger partial charge in [0.15, 0.2) is 0 Å². The first kappa shape index (κ1) is 21.5. The number of carbonyl (C=O) groups excluding carboxylic acids is 2. The average Bonchev–Trinajstić information content (AvgIpc) is 3.04. The zero-order valence-electron chi connectivity index (χ0n) is 17.9. The summed E-state index contributed by atoms with van der Waals surface area (Å²) in [5, 5.41) is 3.14. The van der Waals surface area contributed by atoms with Crippen LogP contribution in [-0.2, 0) is 9.59 Å². The molecule has 0 radical (unpaired) electrons. The van der Waals surface area contributed by atoms with Crippen molar-refractivity contribution in [2.75, 3.05) is 24.4 Å². The van der Waals surface area contributed by atoms with Crippen LogP contribution in [0, 0.1) is 6.92 Å². The maximum Gasteiger partial charge on any atom is 0.283 e. The number of carbonyl (C=O) groups is 2. The summed E-state index contributed by atoms with van der Waals surface area (Å²) in [5.41, 5.74) is 2.34. The van der Waals surface area contributed by atoms with Crippen molar-refractivity contribution in [1.82, 2.24) is 0 Å². The first-order valence-electron chi connectivity index (χ1n) is 9.93. The van der Waals surface area contributed by atoms with Crippen LogP contribution in [0.25, 0.3) is 0 Å². The lowest BCUT2D eigenvalue weighted by Crippen LogP contribution is -2.32. The highest BCUT2D eigenvalue weighted by molar-refractivity contribution is 8.04. The molecule has 0 fully saturated rings. The van der Waals surface area contributed by atoms with Crippen molar-refractivity contribution in [3.63, 3.8) is 0 Å². The minimum absolute atomic E-state index is 0.191. The number of anilines is 2. The number of hydrogen-bond donors (Lipinski definition) is 1. The molecule has 0 saturated carbocycles. The van der Waals surface area contributed by atoms with Crippen molar-refractivity contribution in [3.05, 3.63) is 89.0 Å². The molecule has 0 atom stereocenters. The monoisotopic (exact) mass is 446 g/mol. The van der Waals surface area contributed by atoms with Gasteiger partial charge in [-0.25, -0.2) is 4.90 Å². The maximum atomic E-state index is 13.4. The first-order valence-corrected chi connectivity index (χ1v) is 10.7. The van der Waals surface area contributed by atoms with E-state index in [-0.39, 0.29) is 11.6 Å². The van der Waals surface area contributed by atoms with Gasteiger partial charge in [0.1, 0.15) is 22.1 Å². The van der Waals surface area contributed by atoms with Gasteiger partial charge in [-0.3, -0.25) is 9.59 Å². The van der Waals surface area contributed by atoms with Crippen LogP contribution in [0.5, 0.6) is 11.5 Å². The Hall–Kier alpha value is -3.71. The molecule has 0 aliphatic carbocycles. The lowest BCUT2D eigenvalue weighted by molar-refractivity contribution is -0.120. The van der Waals surface area contributed by atoms with Crippen LogP contribution in [0.2, 0.25) is 0 Å². The van der Waals surface area contributed by atoms with E-state index in [1.165, 1.54) is 16.7 Å². The van der Waals surface area contributed by atoms with Crippen molar-refractivity contribution in [1.29, 1.82) is 0 Å². The number of amides is 2. The molecule has 3 aromatic rings. The van der Waals surface area contributed by atoms with Crippen LogP contribution in [0.15, 0.2) is 88.3 Å². The molecule has 0 saturated heterocycles. The summed E-state index contributed by atoms with van der Waals surface area (Å²) in [4.78, 5) is 29.2. The van der Waals surface area contributed by atoms with E-state index in [1.807, 2.05) is 37.3 Å². The Bertz CT molecular complexity index is 1190. The first-order chi connectivity index (χ1) is 15.5. The standard InChI is InChI=1S/C25H22N2O4S/c1-16-9-12-19(13-10-16)32-23-22(26-20-15-18(30-2)11-14-21(20)31-3)24(28)27(25(23)29)17-7-5-4-6-8-17/h4-15,26H,1-3H3. The SMILES string of the molecule is COc1ccc(OC)c(NC2=C(Sc3ccc(C)cc3)C(=O)N(c3ccccc3)C2=O)c1. The molecule has 1 aliphatic rings. The second kappa shape index (κ2) is 9.20. The van der Waals surface area contributed by atoms with Crippen LogP contribution >= 0.6 is 11.8 Å². The van der Waals surface area contributed by atoms with E-state index in [0.29, 0.717) is 27.8 Å². The number of ether oxygens (including phenoxy) is 2.